The van der Waals surface area contributed by atoms with Crippen molar-refractivity contribution in [2.75, 3.05) is 26.9 Å². The Balaban J connectivity index is 2.04. The monoisotopic (exact) mass is 160 g/mol. The van der Waals surface area contributed by atoms with Crippen LogP contribution in [-0.2, 0) is 9.47 Å². The second kappa shape index (κ2) is 4.15. The average molecular weight is 160 g/mol. The molecular formula is C6H12N2O3. The van der Waals surface area contributed by atoms with Crippen LogP contribution in [-0.4, -0.2) is 39.1 Å². The zero-order valence-corrected chi connectivity index (χ0v) is 6.42. The lowest BCUT2D eigenvalue weighted by Crippen LogP contribution is -2.30. The molecule has 1 unspecified atom stereocenters. The Hall–Kier alpha value is -0.810. The number of carbonyl (C=O) groups excluding carboxylic acids is 1. The van der Waals surface area contributed by atoms with Crippen molar-refractivity contribution in [3.05, 3.63) is 0 Å². The van der Waals surface area contributed by atoms with E-state index in [1.165, 1.54) is 0 Å². The van der Waals surface area contributed by atoms with Crippen LogP contribution in [0.1, 0.15) is 0 Å². The predicted molar refractivity (Wildman–Crippen MR) is 38.2 cm³/mol. The third-order valence-electron chi connectivity index (χ3n) is 1.35. The SMILES string of the molecule is COCCOC1CNC(=O)N1. The van der Waals surface area contributed by atoms with Gasteiger partial charge in [-0.05, 0) is 0 Å². The van der Waals surface area contributed by atoms with Gasteiger partial charge in [0.05, 0.1) is 19.8 Å². The summed E-state index contributed by atoms with van der Waals surface area (Å²) >= 11 is 0. The Morgan fingerprint density at radius 2 is 2.45 bits per heavy atom. The van der Waals surface area contributed by atoms with E-state index >= 15 is 0 Å². The summed E-state index contributed by atoms with van der Waals surface area (Å²) in [6.45, 7) is 1.58. The topological polar surface area (TPSA) is 59.6 Å². The highest BCUT2D eigenvalue weighted by Gasteiger charge is 2.19. The Labute approximate surface area is 65.0 Å². The molecule has 1 saturated heterocycles. The molecule has 0 aromatic rings. The Morgan fingerprint density at radius 3 is 3.00 bits per heavy atom. The Kier molecular flexibility index (Phi) is 3.13. The first-order valence-electron chi connectivity index (χ1n) is 3.48. The van der Waals surface area contributed by atoms with Gasteiger partial charge in [-0.2, -0.15) is 0 Å². The van der Waals surface area contributed by atoms with Crippen LogP contribution in [0.5, 0.6) is 0 Å². The predicted octanol–water partition coefficient (Wildman–Crippen LogP) is -0.712. The lowest BCUT2D eigenvalue weighted by Gasteiger charge is -2.08. The number of hydrogen-bond donors (Lipinski definition) is 2. The zero-order chi connectivity index (χ0) is 8.10. The standard InChI is InChI=1S/C6H12N2O3/c1-10-2-3-11-5-4-7-6(9)8-5/h5H,2-4H2,1H3,(H2,7,8,9). The van der Waals surface area contributed by atoms with E-state index in [1.807, 2.05) is 0 Å². The fraction of sp³-hybridized carbons (Fsp3) is 0.833. The molecule has 64 valence electrons. The summed E-state index contributed by atoms with van der Waals surface area (Å²) in [7, 11) is 1.61. The molecular weight excluding hydrogens is 148 g/mol. The maximum absolute atomic E-state index is 10.6. The molecule has 0 aromatic carbocycles. The molecule has 1 aliphatic rings. The van der Waals surface area contributed by atoms with Gasteiger partial charge in [-0.25, -0.2) is 4.79 Å². The van der Waals surface area contributed by atoms with Gasteiger partial charge in [0.25, 0.3) is 0 Å². The van der Waals surface area contributed by atoms with Crippen LogP contribution in [0.4, 0.5) is 4.79 Å². The third kappa shape index (κ3) is 2.73. The van der Waals surface area contributed by atoms with E-state index in [2.05, 4.69) is 10.6 Å². The molecule has 2 amide bonds. The van der Waals surface area contributed by atoms with Crippen LogP contribution in [0.15, 0.2) is 0 Å². The van der Waals surface area contributed by atoms with Crippen molar-refractivity contribution in [2.45, 2.75) is 6.23 Å². The van der Waals surface area contributed by atoms with Gasteiger partial charge in [-0.1, -0.05) is 0 Å². The highest BCUT2D eigenvalue weighted by Crippen LogP contribution is 1.91. The molecule has 5 heteroatoms. The van der Waals surface area contributed by atoms with Gasteiger partial charge in [0.2, 0.25) is 0 Å². The summed E-state index contributed by atoms with van der Waals surface area (Å²) in [5.41, 5.74) is 0. The molecule has 1 atom stereocenters. The molecule has 0 bridgehead atoms. The number of ether oxygens (including phenoxy) is 2. The van der Waals surface area contributed by atoms with Gasteiger partial charge in [-0.15, -0.1) is 0 Å². The van der Waals surface area contributed by atoms with Gasteiger partial charge in [0.15, 0.2) is 0 Å². The molecule has 0 radical (unpaired) electrons. The molecule has 0 aromatic heterocycles. The first-order valence-corrected chi connectivity index (χ1v) is 3.48. The summed E-state index contributed by atoms with van der Waals surface area (Å²) < 4.78 is 9.96. The minimum absolute atomic E-state index is 0.174. The van der Waals surface area contributed by atoms with Gasteiger partial charge in [-0.3, -0.25) is 0 Å². The molecule has 1 aliphatic heterocycles. The highest BCUT2D eigenvalue weighted by molar-refractivity contribution is 5.76. The molecule has 0 spiro atoms. The number of hydrogen-bond acceptors (Lipinski definition) is 3. The average Bonchev–Trinajstić information content (AvgIpc) is 2.37. The van der Waals surface area contributed by atoms with Crippen molar-refractivity contribution in [1.82, 2.24) is 10.6 Å². The van der Waals surface area contributed by atoms with Crippen molar-refractivity contribution in [3.63, 3.8) is 0 Å². The van der Waals surface area contributed by atoms with E-state index in [0.29, 0.717) is 19.8 Å². The smallest absolute Gasteiger partial charge is 0.317 e. The van der Waals surface area contributed by atoms with Gasteiger partial charge < -0.3 is 20.1 Å². The second-order valence-electron chi connectivity index (χ2n) is 2.21. The minimum Gasteiger partial charge on any atom is -0.382 e. The second-order valence-corrected chi connectivity index (χ2v) is 2.21. The van der Waals surface area contributed by atoms with E-state index in [9.17, 15) is 4.79 Å². The molecule has 5 nitrogen and oxygen atoms in total. The summed E-state index contributed by atoms with van der Waals surface area (Å²) in [5.74, 6) is 0. The van der Waals surface area contributed by atoms with E-state index in [1.54, 1.807) is 7.11 Å². The maximum Gasteiger partial charge on any atom is 0.317 e. The fourth-order valence-electron chi connectivity index (χ4n) is 0.808. The maximum atomic E-state index is 10.6. The molecule has 1 rings (SSSR count). The van der Waals surface area contributed by atoms with E-state index in [0.717, 1.165) is 0 Å². The van der Waals surface area contributed by atoms with Crippen molar-refractivity contribution in [2.24, 2.45) is 0 Å². The number of nitrogens with one attached hydrogen (secondary N) is 2. The Morgan fingerprint density at radius 1 is 1.64 bits per heavy atom. The summed E-state index contributed by atoms with van der Waals surface area (Å²) in [6.07, 6.45) is -0.197. The number of rotatable bonds is 4. The summed E-state index contributed by atoms with van der Waals surface area (Å²) in [4.78, 5) is 10.6. The van der Waals surface area contributed by atoms with Crippen LogP contribution < -0.4 is 10.6 Å². The quantitative estimate of drug-likeness (QED) is 0.534. The van der Waals surface area contributed by atoms with Crippen LogP contribution in [0.3, 0.4) is 0 Å². The van der Waals surface area contributed by atoms with Crippen LogP contribution in [0.25, 0.3) is 0 Å². The normalized spacial score (nSPS) is 23.0. The van der Waals surface area contributed by atoms with Gasteiger partial charge in [0, 0.05) is 7.11 Å². The molecule has 1 fully saturated rings. The lowest BCUT2D eigenvalue weighted by atomic mass is 10.6. The van der Waals surface area contributed by atoms with E-state index in [4.69, 9.17) is 9.47 Å². The zero-order valence-electron chi connectivity index (χ0n) is 6.42. The minimum atomic E-state index is -0.197. The van der Waals surface area contributed by atoms with E-state index < -0.39 is 0 Å². The molecule has 1 heterocycles. The van der Waals surface area contributed by atoms with Crippen molar-refractivity contribution in [1.29, 1.82) is 0 Å². The van der Waals surface area contributed by atoms with Gasteiger partial charge >= 0.3 is 6.03 Å². The molecule has 2 N–H and O–H groups in total. The summed E-state index contributed by atoms with van der Waals surface area (Å²) in [6, 6.07) is -0.174. The Bertz CT molecular complexity index is 140. The molecule has 0 aliphatic carbocycles. The number of urea groups is 1. The van der Waals surface area contributed by atoms with Crippen molar-refractivity contribution < 1.29 is 14.3 Å². The largest absolute Gasteiger partial charge is 0.382 e. The molecule has 0 saturated carbocycles. The highest BCUT2D eigenvalue weighted by atomic mass is 16.5. The van der Waals surface area contributed by atoms with Gasteiger partial charge in [0.1, 0.15) is 6.23 Å². The van der Waals surface area contributed by atoms with Crippen molar-refractivity contribution in [3.8, 4) is 0 Å². The third-order valence-corrected chi connectivity index (χ3v) is 1.35. The number of amides is 2. The lowest BCUT2D eigenvalue weighted by molar-refractivity contribution is 0.0183. The fourth-order valence-corrected chi connectivity index (χ4v) is 0.808. The first-order chi connectivity index (χ1) is 5.33. The van der Waals surface area contributed by atoms with Crippen LogP contribution in [0, 0.1) is 0 Å². The van der Waals surface area contributed by atoms with Crippen LogP contribution >= 0.6 is 0 Å². The first kappa shape index (κ1) is 8.29. The van der Waals surface area contributed by atoms with Crippen LogP contribution in [0.2, 0.25) is 0 Å². The number of methoxy groups -OCH3 is 1. The van der Waals surface area contributed by atoms with Crippen molar-refractivity contribution >= 4 is 6.03 Å². The molecule has 11 heavy (non-hydrogen) atoms. The van der Waals surface area contributed by atoms with E-state index in [-0.39, 0.29) is 12.3 Å². The summed E-state index contributed by atoms with van der Waals surface area (Å²) in [5, 5.41) is 5.17. The number of carbonyl (C=O) groups is 1.